The number of hydrogen-bond donors (Lipinski definition) is 6. The van der Waals surface area contributed by atoms with Crippen molar-refractivity contribution in [3.63, 3.8) is 0 Å². The van der Waals surface area contributed by atoms with E-state index in [2.05, 4.69) is 15.3 Å². The molecule has 3 fully saturated rings. The summed E-state index contributed by atoms with van der Waals surface area (Å²) in [7, 11) is 6.94. The maximum Gasteiger partial charge on any atom is 0.309 e. The number of hydrogen-bond acceptors (Lipinski definition) is 17. The second-order valence-electron chi connectivity index (χ2n) is 23.2. The molecule has 4 heterocycles. The summed E-state index contributed by atoms with van der Waals surface area (Å²) in [6, 6.07) is 6.48. The van der Waals surface area contributed by atoms with Crippen LogP contribution in [0.3, 0.4) is 0 Å². The molecule has 17 nitrogen and oxygen atoms in total. The zero-order valence-electron chi connectivity index (χ0n) is 47.4. The van der Waals surface area contributed by atoms with E-state index in [9.17, 15) is 34.2 Å². The van der Waals surface area contributed by atoms with Gasteiger partial charge < -0.3 is 68.5 Å². The lowest BCUT2D eigenvalue weighted by atomic mass is 9.68. The minimum atomic E-state index is -1.81. The van der Waals surface area contributed by atoms with E-state index in [4.69, 9.17) is 34.0 Å². The van der Waals surface area contributed by atoms with Gasteiger partial charge in [-0.3, -0.25) is 4.79 Å². The Morgan fingerprint density at radius 1 is 1.07 bits per heavy atom. The summed E-state index contributed by atoms with van der Waals surface area (Å²) in [6.07, 6.45) is -0.735. The highest BCUT2D eigenvalue weighted by Gasteiger charge is 2.54. The number of alkyl halides is 1. The lowest BCUT2D eigenvalue weighted by Gasteiger charge is -2.51. The van der Waals surface area contributed by atoms with E-state index in [1.54, 1.807) is 48.1 Å². The van der Waals surface area contributed by atoms with Gasteiger partial charge in [0, 0.05) is 77.2 Å². The maximum atomic E-state index is 14.7. The van der Waals surface area contributed by atoms with Crippen LogP contribution >= 0.6 is 0 Å². The molecule has 6 N–H and O–H groups in total. The molecule has 0 saturated carbocycles. The number of nitrogens with one attached hydrogen (secondary N) is 2. The van der Waals surface area contributed by atoms with Gasteiger partial charge in [0.1, 0.15) is 48.2 Å². The van der Waals surface area contributed by atoms with Crippen LogP contribution in [0.4, 0.5) is 4.39 Å². The van der Waals surface area contributed by atoms with Gasteiger partial charge in [0.2, 0.25) is 0 Å². The normalized spacial score (nSPS) is 40.2. The average Bonchev–Trinajstić information content (AvgIpc) is 3.37. The van der Waals surface area contributed by atoms with Crippen LogP contribution < -0.4 is 5.32 Å². The van der Waals surface area contributed by atoms with Crippen molar-refractivity contribution in [1.82, 2.24) is 15.1 Å². The van der Waals surface area contributed by atoms with Crippen molar-refractivity contribution in [2.45, 2.75) is 204 Å². The lowest BCUT2D eigenvalue weighted by Crippen LogP contribution is -2.61. The molecule has 75 heavy (non-hydrogen) atoms. The summed E-state index contributed by atoms with van der Waals surface area (Å²) >= 11 is -0.819. The number of methoxy groups -OCH3 is 2. The Kier molecular flexibility index (Phi) is 23.2. The predicted octanol–water partition coefficient (Wildman–Crippen LogP) is 6.69. The highest BCUT2D eigenvalue weighted by Crippen LogP contribution is 2.45. The average molecular weight is 1080 g/mol. The minimum absolute atomic E-state index is 0.0532. The minimum Gasteiger partial charge on any atom is -0.616 e. The molecule has 428 valence electrons. The van der Waals surface area contributed by atoms with Crippen LogP contribution in [0, 0.1) is 29.2 Å². The van der Waals surface area contributed by atoms with Gasteiger partial charge in [-0.1, -0.05) is 52.0 Å². The lowest BCUT2D eigenvalue weighted by molar-refractivity contribution is -0.275. The van der Waals surface area contributed by atoms with Crippen LogP contribution in [0.15, 0.2) is 47.4 Å². The van der Waals surface area contributed by atoms with E-state index in [0.29, 0.717) is 49.6 Å². The van der Waals surface area contributed by atoms with Crippen molar-refractivity contribution >= 4 is 22.7 Å². The highest BCUT2D eigenvalue weighted by molar-refractivity contribution is 7.91. The van der Waals surface area contributed by atoms with Gasteiger partial charge in [-0.05, 0) is 121 Å². The fourth-order valence-corrected chi connectivity index (χ4v) is 13.5. The number of likely N-dealkylation sites (N-methyl/N-ethyl adjacent to an activating group) is 1. The molecule has 1 aromatic rings. The Labute approximate surface area is 450 Å². The van der Waals surface area contributed by atoms with Crippen LogP contribution in [0.1, 0.15) is 131 Å². The van der Waals surface area contributed by atoms with Crippen LogP contribution in [0.25, 0.3) is 5.57 Å². The summed E-state index contributed by atoms with van der Waals surface area (Å²) in [6.45, 7) is 18.4. The molecule has 3 saturated heterocycles. The van der Waals surface area contributed by atoms with Crippen molar-refractivity contribution < 1.29 is 62.6 Å². The van der Waals surface area contributed by atoms with Gasteiger partial charge in [-0.2, -0.15) is 5.11 Å². The summed E-state index contributed by atoms with van der Waals surface area (Å²) in [5.41, 5.74) is 7.09. The molecule has 20 atom stereocenters. The Balaban J connectivity index is 1.39. The molecule has 0 aromatic heterocycles. The zero-order chi connectivity index (χ0) is 55.7. The second-order valence-corrected chi connectivity index (χ2v) is 24.8. The maximum absolute atomic E-state index is 14.7. The summed E-state index contributed by atoms with van der Waals surface area (Å²) < 4.78 is 64.9. The second kappa shape index (κ2) is 27.5. The van der Waals surface area contributed by atoms with Crippen molar-refractivity contribution in [3.8, 4) is 0 Å². The van der Waals surface area contributed by atoms with Gasteiger partial charge in [0.05, 0.1) is 53.3 Å². The molecule has 5 rings (SSSR count). The van der Waals surface area contributed by atoms with Crippen LogP contribution in [0.2, 0.25) is 0 Å². The van der Waals surface area contributed by atoms with Crippen LogP contribution in [-0.4, -0.2) is 184 Å². The quantitative estimate of drug-likeness (QED) is 0.0543. The third-order valence-corrected chi connectivity index (χ3v) is 18.4. The van der Waals surface area contributed by atoms with Crippen molar-refractivity contribution in [1.29, 1.82) is 5.53 Å². The number of nitrogens with zero attached hydrogens (tertiary/aromatic N) is 3. The van der Waals surface area contributed by atoms with E-state index in [-0.39, 0.29) is 37.3 Å². The predicted molar refractivity (Wildman–Crippen MR) is 288 cm³/mol. The number of aliphatic hydroxyl groups excluding tert-OH is 2. The van der Waals surface area contributed by atoms with Crippen molar-refractivity contribution in [2.24, 2.45) is 28.8 Å². The Morgan fingerprint density at radius 3 is 2.33 bits per heavy atom. The first kappa shape index (κ1) is 63.2. The molecule has 4 aliphatic heterocycles. The summed E-state index contributed by atoms with van der Waals surface area (Å²) in [5.74, 6) is -1.75. The molecule has 0 radical (unpaired) electrons. The number of carbonyl (C=O) groups excluding carboxylic acids is 1. The number of ether oxygens (including phenoxy) is 6. The Bertz CT molecular complexity index is 2040. The molecule has 0 amide bonds. The van der Waals surface area contributed by atoms with E-state index >= 15 is 0 Å². The van der Waals surface area contributed by atoms with Crippen LogP contribution in [-0.2, 0) is 44.4 Å². The number of carbonyl (C=O) groups is 1. The number of allylic oxidation sites excluding steroid dienone is 1. The van der Waals surface area contributed by atoms with Crippen LogP contribution in [0.5, 0.6) is 0 Å². The third kappa shape index (κ3) is 15.6. The number of esters is 1. The summed E-state index contributed by atoms with van der Waals surface area (Å²) in [4.78, 5) is 18.8. The fourth-order valence-electron chi connectivity index (χ4n) is 12.5. The fraction of sp³-hybridized carbons (Fsp3) is 0.804. The zero-order valence-corrected chi connectivity index (χ0v) is 48.2. The van der Waals surface area contributed by atoms with E-state index in [0.717, 1.165) is 23.1 Å². The number of cyclic esters (lactones) is 1. The van der Waals surface area contributed by atoms with Gasteiger partial charge in [0.15, 0.2) is 6.29 Å². The smallest absolute Gasteiger partial charge is 0.309 e. The molecule has 4 aliphatic rings. The Hall–Kier alpha value is -2.63. The number of aliphatic hydroxyl groups is 4. The monoisotopic (exact) mass is 1080 g/mol. The molecule has 0 spiro atoms. The number of benzene rings is 1. The first-order valence-electron chi connectivity index (χ1n) is 27.2. The molecular formula is C56H94FN5O12S. The van der Waals surface area contributed by atoms with Gasteiger partial charge >= 0.3 is 5.97 Å². The number of halogens is 1. The topological polar surface area (TPSA) is 231 Å². The standard InChI is InChI=1S/C56H94FN5O12S/c1-15-46-56(10,67)50(63)37(6)62(12)32-33(2)28-54(8,66)52(35(4)48(36(5)53(65)73-46)45-29-55(9,70-14)51(64)38(7)72-45)74-47-27-43(26-34(3)71-47)61(11)23-20-42(60-58)31-59-44(30-57)49(69-13)41-18-16-39(17-19-41)40-21-24-75(68)25-22-40/h16-19,21,31,33-38,43-52,58-59,63-64,66-67H,15,20,22-30,32H2,1-14H3/b42-31-,60-58?/t33-,34-,35+,36-,37-,38+,43+,44-,45?,46-,47+,48+,49?,50-,51+,52-,54-,55-,56-,75?/m1/s1. The third-order valence-electron chi connectivity index (χ3n) is 17.2. The van der Waals surface area contributed by atoms with Gasteiger partial charge in [0.25, 0.3) is 0 Å². The molecular weight excluding hydrogens is 986 g/mol. The van der Waals surface area contributed by atoms with Gasteiger partial charge in [-0.25, -0.2) is 9.92 Å². The first-order valence-corrected chi connectivity index (χ1v) is 28.7. The Morgan fingerprint density at radius 2 is 1.75 bits per heavy atom. The first-order chi connectivity index (χ1) is 35.2. The molecule has 0 bridgehead atoms. The molecule has 0 aliphatic carbocycles. The molecule has 19 heteroatoms. The van der Waals surface area contributed by atoms with E-state index in [1.807, 2.05) is 84.0 Å². The van der Waals surface area contributed by atoms with Gasteiger partial charge in [-0.15, -0.1) is 0 Å². The van der Waals surface area contributed by atoms with Crippen molar-refractivity contribution in [3.05, 3.63) is 53.4 Å². The SMILES string of the molecule is CC[C@H]1OC(=O)[C@H](C)[C@@H](C2C[C@@](C)(OC)[C@@H](O)[C@H](C)O2)[C@H](C)[C@@H](O[C@H]2C[C@@H](N(C)CC/C(=C/N[C@H](CF)C(OC)c3ccc(C4=CC[S+]([O-])CC4)cc3)N=N)C[C@@H](C)O2)[C@](C)(O)C[C@@H](C)CN(C)[C@H](C)[C@@H](O)[C@]1(C)O. The van der Waals surface area contributed by atoms with E-state index < -0.39 is 119 Å². The largest absolute Gasteiger partial charge is 0.616 e. The number of rotatable bonds is 17. The molecule has 1 aromatic carbocycles. The van der Waals surface area contributed by atoms with Crippen molar-refractivity contribution in [2.75, 3.05) is 59.6 Å². The molecule has 3 unspecified atom stereocenters. The van der Waals surface area contributed by atoms with E-state index in [1.165, 1.54) is 6.92 Å². The summed E-state index contributed by atoms with van der Waals surface area (Å²) in [5, 5.41) is 54.8. The highest BCUT2D eigenvalue weighted by atomic mass is 32.2.